The van der Waals surface area contributed by atoms with Crippen molar-refractivity contribution in [3.05, 3.63) is 22.8 Å². The molecule has 14 heavy (non-hydrogen) atoms. The average Bonchev–Trinajstić information content (AvgIpc) is 2.17. The molecule has 0 saturated heterocycles. The zero-order valence-electron chi connectivity index (χ0n) is 8.46. The van der Waals surface area contributed by atoms with E-state index in [1.54, 1.807) is 0 Å². The van der Waals surface area contributed by atoms with Gasteiger partial charge in [0, 0.05) is 11.8 Å². The second-order valence-electron chi connectivity index (χ2n) is 3.05. The molecule has 1 aromatic heterocycles. The number of aromatic nitrogens is 1. The Bertz CT molecular complexity index is 281. The third-order valence-electron chi connectivity index (χ3n) is 1.93. The molecule has 0 saturated carbocycles. The van der Waals surface area contributed by atoms with Crippen molar-refractivity contribution < 1.29 is 0 Å². The van der Waals surface area contributed by atoms with Gasteiger partial charge in [-0.05, 0) is 40.7 Å². The second-order valence-corrected chi connectivity index (χ2v) is 4.77. The number of nitrogens with one attached hydrogen (secondary N) is 1. The third kappa shape index (κ3) is 3.88. The van der Waals surface area contributed by atoms with Crippen LogP contribution < -0.4 is 5.32 Å². The van der Waals surface area contributed by atoms with E-state index in [0.717, 1.165) is 22.6 Å². The van der Waals surface area contributed by atoms with Gasteiger partial charge in [-0.15, -0.1) is 0 Å². The summed E-state index contributed by atoms with van der Waals surface area (Å²) in [6.45, 7) is 2.19. The van der Waals surface area contributed by atoms with Crippen LogP contribution in [-0.2, 0) is 0 Å². The number of pyridine rings is 1. The molecule has 0 aliphatic heterocycles. The maximum Gasteiger partial charge on any atom is 0.127 e. The Balaban J connectivity index is 2.57. The van der Waals surface area contributed by atoms with Crippen LogP contribution in [0.4, 0.5) is 5.82 Å². The maximum absolute atomic E-state index is 4.34. The average molecular weight is 275 g/mol. The highest BCUT2D eigenvalue weighted by Crippen LogP contribution is 2.13. The van der Waals surface area contributed by atoms with E-state index in [1.165, 1.54) is 0 Å². The quantitative estimate of drug-likeness (QED) is 0.834. The predicted molar refractivity (Wildman–Crippen MR) is 68.0 cm³/mol. The summed E-state index contributed by atoms with van der Waals surface area (Å²) < 4.78 is 0.876. The van der Waals surface area contributed by atoms with Crippen LogP contribution in [0.25, 0.3) is 0 Å². The molecule has 1 heterocycles. The molecule has 0 aliphatic rings. The SMILES string of the molecule is CCC(CSC)Nc1cccc(Br)n1. The zero-order chi connectivity index (χ0) is 10.4. The fraction of sp³-hybridized carbons (Fsp3) is 0.500. The van der Waals surface area contributed by atoms with Crippen molar-refractivity contribution in [1.29, 1.82) is 0 Å². The van der Waals surface area contributed by atoms with Gasteiger partial charge >= 0.3 is 0 Å². The number of halogens is 1. The Labute approximate surface area is 98.0 Å². The van der Waals surface area contributed by atoms with Crippen LogP contribution in [-0.4, -0.2) is 23.0 Å². The van der Waals surface area contributed by atoms with E-state index < -0.39 is 0 Å². The summed E-state index contributed by atoms with van der Waals surface area (Å²) in [5.41, 5.74) is 0. The largest absolute Gasteiger partial charge is 0.366 e. The minimum absolute atomic E-state index is 0.506. The van der Waals surface area contributed by atoms with E-state index in [9.17, 15) is 0 Å². The molecule has 0 fully saturated rings. The van der Waals surface area contributed by atoms with Crippen molar-refractivity contribution in [2.45, 2.75) is 19.4 Å². The number of hydrogen-bond acceptors (Lipinski definition) is 3. The molecule has 0 bridgehead atoms. The van der Waals surface area contributed by atoms with E-state index >= 15 is 0 Å². The predicted octanol–water partition coefficient (Wildman–Crippen LogP) is 3.40. The summed E-state index contributed by atoms with van der Waals surface area (Å²) in [6, 6.07) is 6.42. The highest BCUT2D eigenvalue weighted by molar-refractivity contribution is 9.10. The van der Waals surface area contributed by atoms with Crippen molar-refractivity contribution in [2.24, 2.45) is 0 Å². The summed E-state index contributed by atoms with van der Waals surface area (Å²) in [6.07, 6.45) is 3.24. The van der Waals surface area contributed by atoms with E-state index in [-0.39, 0.29) is 0 Å². The molecule has 1 aromatic rings. The first kappa shape index (κ1) is 11.9. The van der Waals surface area contributed by atoms with Crippen LogP contribution in [0, 0.1) is 0 Å². The molecular formula is C10H15BrN2S. The molecule has 0 aromatic carbocycles. The van der Waals surface area contributed by atoms with Crippen molar-refractivity contribution in [3.63, 3.8) is 0 Å². The van der Waals surface area contributed by atoms with Gasteiger partial charge in [0.2, 0.25) is 0 Å². The lowest BCUT2D eigenvalue weighted by molar-refractivity contribution is 0.769. The monoisotopic (exact) mass is 274 g/mol. The van der Waals surface area contributed by atoms with Crippen LogP contribution in [0.1, 0.15) is 13.3 Å². The van der Waals surface area contributed by atoms with Crippen LogP contribution in [0.5, 0.6) is 0 Å². The molecule has 1 rings (SSSR count). The third-order valence-corrected chi connectivity index (χ3v) is 3.11. The number of anilines is 1. The highest BCUT2D eigenvalue weighted by Gasteiger charge is 2.05. The van der Waals surface area contributed by atoms with Gasteiger partial charge in [0.1, 0.15) is 10.4 Å². The minimum atomic E-state index is 0.506. The Morgan fingerprint density at radius 2 is 2.36 bits per heavy atom. The Kier molecular flexibility index (Phi) is 5.33. The first-order valence-corrected chi connectivity index (χ1v) is 6.83. The molecule has 2 nitrogen and oxygen atoms in total. The molecule has 0 aliphatic carbocycles. The Morgan fingerprint density at radius 1 is 1.57 bits per heavy atom. The summed E-state index contributed by atoms with van der Waals surface area (Å²) >= 11 is 5.21. The lowest BCUT2D eigenvalue weighted by Crippen LogP contribution is -2.21. The lowest BCUT2D eigenvalue weighted by atomic mass is 10.2. The Morgan fingerprint density at radius 3 is 2.93 bits per heavy atom. The molecule has 1 atom stereocenters. The molecular weight excluding hydrogens is 260 g/mol. The minimum Gasteiger partial charge on any atom is -0.366 e. The smallest absolute Gasteiger partial charge is 0.127 e. The summed E-state index contributed by atoms with van der Waals surface area (Å²) in [5, 5.41) is 3.41. The van der Waals surface area contributed by atoms with E-state index in [0.29, 0.717) is 6.04 Å². The standard InChI is InChI=1S/C10H15BrN2S/c1-3-8(7-14-2)12-10-6-4-5-9(11)13-10/h4-6,8H,3,7H2,1-2H3,(H,12,13). The van der Waals surface area contributed by atoms with Crippen LogP contribution >= 0.6 is 27.7 Å². The topological polar surface area (TPSA) is 24.9 Å². The van der Waals surface area contributed by atoms with Crippen molar-refractivity contribution >= 4 is 33.5 Å². The number of rotatable bonds is 5. The van der Waals surface area contributed by atoms with Gasteiger partial charge in [-0.3, -0.25) is 0 Å². The summed E-state index contributed by atoms with van der Waals surface area (Å²) in [5.74, 6) is 2.06. The second kappa shape index (κ2) is 6.30. The van der Waals surface area contributed by atoms with Crippen LogP contribution in [0.3, 0.4) is 0 Å². The van der Waals surface area contributed by atoms with E-state index in [2.05, 4.69) is 39.4 Å². The summed E-state index contributed by atoms with van der Waals surface area (Å²) in [4.78, 5) is 4.34. The molecule has 78 valence electrons. The lowest BCUT2D eigenvalue weighted by Gasteiger charge is -2.16. The molecule has 0 radical (unpaired) electrons. The van der Waals surface area contributed by atoms with E-state index in [1.807, 2.05) is 30.0 Å². The van der Waals surface area contributed by atoms with Gasteiger partial charge in [0.05, 0.1) is 0 Å². The van der Waals surface area contributed by atoms with Crippen LogP contribution in [0.2, 0.25) is 0 Å². The first-order valence-electron chi connectivity index (χ1n) is 4.64. The molecule has 0 amide bonds. The normalized spacial score (nSPS) is 12.5. The van der Waals surface area contributed by atoms with Crippen molar-refractivity contribution in [2.75, 3.05) is 17.3 Å². The molecule has 1 N–H and O–H groups in total. The number of thioether (sulfide) groups is 1. The van der Waals surface area contributed by atoms with E-state index in [4.69, 9.17) is 0 Å². The summed E-state index contributed by atoms with van der Waals surface area (Å²) in [7, 11) is 0. The maximum atomic E-state index is 4.34. The van der Waals surface area contributed by atoms with Gasteiger partial charge in [-0.25, -0.2) is 4.98 Å². The number of nitrogens with zero attached hydrogens (tertiary/aromatic N) is 1. The fourth-order valence-electron chi connectivity index (χ4n) is 1.16. The fourth-order valence-corrected chi connectivity index (χ4v) is 2.23. The van der Waals surface area contributed by atoms with Crippen LogP contribution in [0.15, 0.2) is 22.8 Å². The van der Waals surface area contributed by atoms with Gasteiger partial charge < -0.3 is 5.32 Å². The van der Waals surface area contributed by atoms with Crippen molar-refractivity contribution in [1.82, 2.24) is 4.98 Å². The molecule has 0 spiro atoms. The van der Waals surface area contributed by atoms with Gasteiger partial charge in [0.15, 0.2) is 0 Å². The van der Waals surface area contributed by atoms with Gasteiger partial charge in [-0.2, -0.15) is 11.8 Å². The highest BCUT2D eigenvalue weighted by atomic mass is 79.9. The molecule has 4 heteroatoms. The zero-order valence-corrected chi connectivity index (χ0v) is 10.9. The number of hydrogen-bond donors (Lipinski definition) is 1. The first-order chi connectivity index (χ1) is 6.76. The van der Waals surface area contributed by atoms with Gasteiger partial charge in [-0.1, -0.05) is 13.0 Å². The molecule has 1 unspecified atom stereocenters. The van der Waals surface area contributed by atoms with Crippen molar-refractivity contribution in [3.8, 4) is 0 Å². The van der Waals surface area contributed by atoms with Gasteiger partial charge in [0.25, 0.3) is 0 Å². The Hall–Kier alpha value is -0.220.